The fraction of sp³-hybridized carbons (Fsp3) is 0.625. The van der Waals surface area contributed by atoms with Gasteiger partial charge in [0, 0.05) is 18.7 Å². The molecule has 118 valence electrons. The fourth-order valence-corrected chi connectivity index (χ4v) is 2.78. The van der Waals surface area contributed by atoms with E-state index in [1.165, 1.54) is 0 Å². The van der Waals surface area contributed by atoms with Gasteiger partial charge in [0.2, 0.25) is 0 Å². The van der Waals surface area contributed by atoms with Crippen molar-refractivity contribution in [3.05, 3.63) is 12.1 Å². The molecule has 5 heteroatoms. The van der Waals surface area contributed by atoms with E-state index in [1.807, 2.05) is 6.07 Å². The largest absolute Gasteiger partial charge is 0.493 e. The van der Waals surface area contributed by atoms with E-state index in [0.717, 1.165) is 31.4 Å². The molecule has 0 unspecified atom stereocenters. The number of aliphatic hydroxyl groups is 1. The summed E-state index contributed by atoms with van der Waals surface area (Å²) in [6.07, 6.45) is 3.79. The highest BCUT2D eigenvalue weighted by atomic mass is 16.5. The van der Waals surface area contributed by atoms with Gasteiger partial charge in [0.25, 0.3) is 0 Å². The lowest BCUT2D eigenvalue weighted by Gasteiger charge is -2.35. The minimum absolute atomic E-state index is 0.499. The third-order valence-electron chi connectivity index (χ3n) is 4.37. The quantitative estimate of drug-likeness (QED) is 0.728. The molecule has 0 amide bonds. The van der Waals surface area contributed by atoms with Gasteiger partial charge in [-0.1, -0.05) is 6.92 Å². The Bertz CT molecular complexity index is 483. The van der Waals surface area contributed by atoms with Gasteiger partial charge >= 0.3 is 0 Å². The van der Waals surface area contributed by atoms with Crippen LogP contribution in [0.5, 0.6) is 11.5 Å². The molecular weight excluding hydrogens is 268 g/mol. The average molecular weight is 294 g/mol. The maximum Gasteiger partial charge on any atom is 0.162 e. The molecule has 0 aliphatic heterocycles. The second-order valence-electron chi connectivity index (χ2n) is 6.05. The van der Waals surface area contributed by atoms with E-state index < -0.39 is 5.60 Å². The highest BCUT2D eigenvalue weighted by Crippen LogP contribution is 2.36. The van der Waals surface area contributed by atoms with Gasteiger partial charge in [0.1, 0.15) is 0 Å². The van der Waals surface area contributed by atoms with Gasteiger partial charge in [-0.15, -0.1) is 0 Å². The van der Waals surface area contributed by atoms with Crippen LogP contribution in [-0.2, 0) is 0 Å². The van der Waals surface area contributed by atoms with Crippen LogP contribution >= 0.6 is 0 Å². The third-order valence-corrected chi connectivity index (χ3v) is 4.37. The van der Waals surface area contributed by atoms with Crippen LogP contribution in [0.25, 0.3) is 0 Å². The predicted molar refractivity (Wildman–Crippen MR) is 85.0 cm³/mol. The molecular formula is C16H26N2O3. The summed E-state index contributed by atoms with van der Waals surface area (Å²) < 4.78 is 10.5. The van der Waals surface area contributed by atoms with Gasteiger partial charge in [-0.05, 0) is 31.6 Å². The number of hydrogen-bond acceptors (Lipinski definition) is 5. The zero-order chi connectivity index (χ0) is 15.5. The second-order valence-corrected chi connectivity index (χ2v) is 6.05. The molecule has 0 radical (unpaired) electrons. The molecule has 1 fully saturated rings. The molecule has 0 atom stereocenters. The van der Waals surface area contributed by atoms with E-state index in [-0.39, 0.29) is 0 Å². The zero-order valence-corrected chi connectivity index (χ0v) is 13.1. The van der Waals surface area contributed by atoms with E-state index in [0.29, 0.717) is 29.6 Å². The van der Waals surface area contributed by atoms with Crippen LogP contribution in [0.1, 0.15) is 32.6 Å². The summed E-state index contributed by atoms with van der Waals surface area (Å²) >= 11 is 0. The lowest BCUT2D eigenvalue weighted by Crippen LogP contribution is -2.40. The van der Waals surface area contributed by atoms with Gasteiger partial charge in [0.05, 0.1) is 31.2 Å². The number of nitrogens with one attached hydrogen (secondary N) is 1. The number of benzene rings is 1. The molecule has 21 heavy (non-hydrogen) atoms. The second kappa shape index (κ2) is 6.43. The molecule has 1 saturated carbocycles. The molecule has 1 aromatic rings. The molecule has 1 aliphatic carbocycles. The van der Waals surface area contributed by atoms with Crippen molar-refractivity contribution >= 4 is 11.4 Å². The van der Waals surface area contributed by atoms with E-state index in [2.05, 4.69) is 12.2 Å². The summed E-state index contributed by atoms with van der Waals surface area (Å²) in [5, 5.41) is 13.9. The van der Waals surface area contributed by atoms with Crippen LogP contribution in [0.3, 0.4) is 0 Å². The van der Waals surface area contributed by atoms with Crippen LogP contribution in [0.15, 0.2) is 12.1 Å². The van der Waals surface area contributed by atoms with Crippen LogP contribution in [0.2, 0.25) is 0 Å². The molecule has 2 rings (SSSR count). The van der Waals surface area contributed by atoms with Gasteiger partial charge in [-0.3, -0.25) is 0 Å². The van der Waals surface area contributed by atoms with Gasteiger partial charge in [0.15, 0.2) is 11.5 Å². The summed E-state index contributed by atoms with van der Waals surface area (Å²) in [5.74, 6) is 1.93. The summed E-state index contributed by atoms with van der Waals surface area (Å²) in [7, 11) is 3.17. The van der Waals surface area contributed by atoms with Crippen molar-refractivity contribution in [3.8, 4) is 11.5 Å². The highest BCUT2D eigenvalue weighted by Gasteiger charge is 2.31. The number of anilines is 2. The Morgan fingerprint density at radius 2 is 1.81 bits per heavy atom. The molecule has 0 bridgehead atoms. The number of nitrogen functional groups attached to an aromatic ring is 1. The molecule has 0 aromatic heterocycles. The van der Waals surface area contributed by atoms with Crippen molar-refractivity contribution in [2.75, 3.05) is 31.8 Å². The van der Waals surface area contributed by atoms with Crippen molar-refractivity contribution in [2.45, 2.75) is 38.2 Å². The molecule has 4 N–H and O–H groups in total. The van der Waals surface area contributed by atoms with E-state index in [9.17, 15) is 5.11 Å². The fourth-order valence-electron chi connectivity index (χ4n) is 2.78. The Labute approximate surface area is 126 Å². The van der Waals surface area contributed by atoms with E-state index >= 15 is 0 Å². The lowest BCUT2D eigenvalue weighted by molar-refractivity contribution is 0.00502. The van der Waals surface area contributed by atoms with Crippen LogP contribution in [-0.4, -0.2) is 31.5 Å². The van der Waals surface area contributed by atoms with Gasteiger partial charge in [-0.25, -0.2) is 0 Å². The van der Waals surface area contributed by atoms with E-state index in [1.54, 1.807) is 20.3 Å². The molecule has 0 saturated heterocycles. The highest BCUT2D eigenvalue weighted by molar-refractivity contribution is 5.72. The molecule has 1 aliphatic rings. The van der Waals surface area contributed by atoms with Crippen molar-refractivity contribution < 1.29 is 14.6 Å². The van der Waals surface area contributed by atoms with Crippen LogP contribution in [0.4, 0.5) is 11.4 Å². The molecule has 1 aromatic carbocycles. The lowest BCUT2D eigenvalue weighted by atomic mass is 9.79. The zero-order valence-electron chi connectivity index (χ0n) is 13.1. The monoisotopic (exact) mass is 294 g/mol. The molecule has 5 nitrogen and oxygen atoms in total. The molecule has 0 heterocycles. The SMILES string of the molecule is COc1cc(N)c(NCC2(O)CCC(C)CC2)cc1OC. The van der Waals surface area contributed by atoms with Crippen LogP contribution < -0.4 is 20.5 Å². The summed E-state index contributed by atoms with van der Waals surface area (Å²) in [6.45, 7) is 2.73. The normalized spacial score (nSPS) is 25.4. The summed E-state index contributed by atoms with van der Waals surface area (Å²) in [4.78, 5) is 0. The number of ether oxygens (including phenoxy) is 2. The number of methoxy groups -OCH3 is 2. The minimum atomic E-state index is -0.647. The Morgan fingerprint density at radius 1 is 1.24 bits per heavy atom. The first kappa shape index (κ1) is 15.8. The maximum atomic E-state index is 10.6. The molecule has 0 spiro atoms. The third kappa shape index (κ3) is 3.73. The number of rotatable bonds is 5. The summed E-state index contributed by atoms with van der Waals surface area (Å²) in [5.41, 5.74) is 6.72. The van der Waals surface area contributed by atoms with E-state index in [4.69, 9.17) is 15.2 Å². The first-order valence-electron chi connectivity index (χ1n) is 7.45. The van der Waals surface area contributed by atoms with Crippen molar-refractivity contribution in [1.82, 2.24) is 0 Å². The first-order valence-corrected chi connectivity index (χ1v) is 7.45. The van der Waals surface area contributed by atoms with Crippen molar-refractivity contribution in [2.24, 2.45) is 5.92 Å². The summed E-state index contributed by atoms with van der Waals surface area (Å²) in [6, 6.07) is 3.54. The minimum Gasteiger partial charge on any atom is -0.493 e. The Kier molecular flexibility index (Phi) is 4.83. The topological polar surface area (TPSA) is 76.7 Å². The first-order chi connectivity index (χ1) is 9.97. The number of nitrogens with two attached hydrogens (primary N) is 1. The number of hydrogen-bond donors (Lipinski definition) is 3. The Hall–Kier alpha value is -1.62. The van der Waals surface area contributed by atoms with Gasteiger partial charge < -0.3 is 25.6 Å². The Morgan fingerprint density at radius 3 is 2.38 bits per heavy atom. The van der Waals surface area contributed by atoms with Crippen molar-refractivity contribution in [1.29, 1.82) is 0 Å². The van der Waals surface area contributed by atoms with Crippen molar-refractivity contribution in [3.63, 3.8) is 0 Å². The standard InChI is InChI=1S/C16H26N2O3/c1-11-4-6-16(19,7-5-11)10-18-13-9-15(21-3)14(20-2)8-12(13)17/h8-9,11,18-19H,4-7,10,17H2,1-3H3. The van der Waals surface area contributed by atoms with Crippen LogP contribution in [0, 0.1) is 5.92 Å². The predicted octanol–water partition coefficient (Wildman–Crippen LogP) is 2.64. The average Bonchev–Trinajstić information content (AvgIpc) is 2.49. The maximum absolute atomic E-state index is 10.6. The van der Waals surface area contributed by atoms with Gasteiger partial charge in [-0.2, -0.15) is 0 Å². The Balaban J connectivity index is 2.06. The smallest absolute Gasteiger partial charge is 0.162 e.